The second-order valence-corrected chi connectivity index (χ2v) is 8.45. The van der Waals surface area contributed by atoms with Crippen molar-refractivity contribution in [1.82, 2.24) is 0 Å². The van der Waals surface area contributed by atoms with Crippen LogP contribution in [0.15, 0.2) is 72.8 Å². The van der Waals surface area contributed by atoms with Crippen molar-refractivity contribution in [2.45, 2.75) is 6.10 Å². The Morgan fingerprint density at radius 1 is 0.909 bits per heavy atom. The monoisotopic (exact) mass is 481 g/mol. The van der Waals surface area contributed by atoms with E-state index in [0.29, 0.717) is 28.1 Å². The molecule has 1 unspecified atom stereocenters. The molecule has 1 aromatic heterocycles. The number of fused-ring (bicyclic) bond motifs is 1. The van der Waals surface area contributed by atoms with Crippen LogP contribution in [0.3, 0.4) is 0 Å². The van der Waals surface area contributed by atoms with E-state index in [1.54, 1.807) is 80.9 Å². The van der Waals surface area contributed by atoms with Crippen LogP contribution >= 0.6 is 22.9 Å². The molecule has 8 heteroatoms. The minimum Gasteiger partial charge on any atom is -0.497 e. The molecule has 3 aromatic carbocycles. The Morgan fingerprint density at radius 3 is 2.36 bits per heavy atom. The Hall–Kier alpha value is -3.55. The number of esters is 1. The molecule has 1 N–H and O–H groups in total. The SMILES string of the molecule is COc1cccc(NC(=O)C(OC(=O)c2sc3cc(OC)ccc3c2Cl)c2ccccc2)c1. The maximum absolute atomic E-state index is 13.1. The number of benzene rings is 3. The van der Waals surface area contributed by atoms with Gasteiger partial charge in [-0.3, -0.25) is 4.79 Å². The first-order valence-electron chi connectivity index (χ1n) is 9.97. The number of ether oxygens (including phenoxy) is 3. The average molecular weight is 482 g/mol. The van der Waals surface area contributed by atoms with Crippen LogP contribution in [0.4, 0.5) is 5.69 Å². The molecule has 0 aliphatic carbocycles. The lowest BCUT2D eigenvalue weighted by molar-refractivity contribution is -0.125. The van der Waals surface area contributed by atoms with Gasteiger partial charge in [-0.05, 0) is 30.3 Å². The van der Waals surface area contributed by atoms with Crippen LogP contribution < -0.4 is 14.8 Å². The molecule has 1 amide bonds. The molecule has 0 aliphatic heterocycles. The highest BCUT2D eigenvalue weighted by atomic mass is 35.5. The predicted molar refractivity (Wildman–Crippen MR) is 130 cm³/mol. The number of thiophene rings is 1. The number of carbonyl (C=O) groups excluding carboxylic acids is 2. The van der Waals surface area contributed by atoms with E-state index < -0.39 is 18.0 Å². The molecule has 1 atom stereocenters. The first-order chi connectivity index (χ1) is 16.0. The normalized spacial score (nSPS) is 11.6. The predicted octanol–water partition coefficient (Wildman–Crippen LogP) is 6.11. The lowest BCUT2D eigenvalue weighted by Gasteiger charge is -2.18. The zero-order valence-electron chi connectivity index (χ0n) is 17.8. The fraction of sp³-hybridized carbons (Fsp3) is 0.120. The highest BCUT2D eigenvalue weighted by Gasteiger charge is 2.28. The number of halogens is 1. The zero-order chi connectivity index (χ0) is 23.4. The fourth-order valence-corrected chi connectivity index (χ4v) is 4.69. The standard InChI is InChI=1S/C25H20ClNO5S/c1-30-17-10-6-9-16(13-17)27-24(28)22(15-7-4-3-5-8-15)32-25(29)23-21(26)19-12-11-18(31-2)14-20(19)33-23/h3-14,22H,1-2H3,(H,27,28). The molecule has 0 saturated carbocycles. The topological polar surface area (TPSA) is 73.9 Å². The van der Waals surface area contributed by atoms with Crippen molar-refractivity contribution in [1.29, 1.82) is 0 Å². The van der Waals surface area contributed by atoms with Gasteiger partial charge in [0.05, 0.1) is 19.2 Å². The summed E-state index contributed by atoms with van der Waals surface area (Å²) in [7, 11) is 3.11. The number of nitrogens with one attached hydrogen (secondary N) is 1. The van der Waals surface area contributed by atoms with Crippen molar-refractivity contribution < 1.29 is 23.8 Å². The average Bonchev–Trinajstić information content (AvgIpc) is 3.18. The van der Waals surface area contributed by atoms with Crippen molar-refractivity contribution >= 4 is 50.6 Å². The quantitative estimate of drug-likeness (QED) is 0.322. The molecule has 1 heterocycles. The molecule has 0 aliphatic rings. The van der Waals surface area contributed by atoms with Crippen LogP contribution in [0.1, 0.15) is 21.3 Å². The van der Waals surface area contributed by atoms with E-state index in [1.807, 2.05) is 6.07 Å². The lowest BCUT2D eigenvalue weighted by Crippen LogP contribution is -2.25. The zero-order valence-corrected chi connectivity index (χ0v) is 19.4. The summed E-state index contributed by atoms with van der Waals surface area (Å²) in [5.41, 5.74) is 1.05. The molecule has 6 nitrogen and oxygen atoms in total. The van der Waals surface area contributed by atoms with Crippen LogP contribution in [0.2, 0.25) is 5.02 Å². The maximum Gasteiger partial charge on any atom is 0.351 e. The van der Waals surface area contributed by atoms with Gasteiger partial charge in [0.1, 0.15) is 16.4 Å². The Bertz CT molecular complexity index is 1300. The van der Waals surface area contributed by atoms with Crippen molar-refractivity contribution in [2.24, 2.45) is 0 Å². The van der Waals surface area contributed by atoms with Crippen molar-refractivity contribution in [3.05, 3.63) is 88.3 Å². The third kappa shape index (κ3) is 4.94. The third-order valence-electron chi connectivity index (χ3n) is 4.92. The van der Waals surface area contributed by atoms with Crippen LogP contribution in [-0.2, 0) is 9.53 Å². The third-order valence-corrected chi connectivity index (χ3v) is 6.56. The highest BCUT2D eigenvalue weighted by molar-refractivity contribution is 7.21. The minimum absolute atomic E-state index is 0.218. The summed E-state index contributed by atoms with van der Waals surface area (Å²) in [5.74, 6) is 0.0604. The largest absolute Gasteiger partial charge is 0.497 e. The maximum atomic E-state index is 13.1. The minimum atomic E-state index is -1.18. The van der Waals surface area contributed by atoms with Gasteiger partial charge in [0, 0.05) is 27.4 Å². The van der Waals surface area contributed by atoms with Gasteiger partial charge in [-0.1, -0.05) is 48.0 Å². The summed E-state index contributed by atoms with van der Waals surface area (Å²) in [4.78, 5) is 26.5. The van der Waals surface area contributed by atoms with E-state index in [1.165, 1.54) is 11.3 Å². The molecule has 4 aromatic rings. The smallest absolute Gasteiger partial charge is 0.351 e. The summed E-state index contributed by atoms with van der Waals surface area (Å²) in [5, 5.41) is 3.78. The second kappa shape index (κ2) is 9.94. The summed E-state index contributed by atoms with van der Waals surface area (Å²) in [6.07, 6.45) is -1.18. The van der Waals surface area contributed by atoms with E-state index >= 15 is 0 Å². The van der Waals surface area contributed by atoms with Crippen molar-refractivity contribution in [2.75, 3.05) is 19.5 Å². The molecule has 168 valence electrons. The Labute approximate surface area is 199 Å². The molecule has 0 bridgehead atoms. The number of anilines is 1. The van der Waals surface area contributed by atoms with E-state index in [2.05, 4.69) is 5.32 Å². The number of rotatable bonds is 7. The van der Waals surface area contributed by atoms with Crippen molar-refractivity contribution in [3.8, 4) is 11.5 Å². The van der Waals surface area contributed by atoms with Crippen LogP contribution in [0.25, 0.3) is 10.1 Å². The Balaban J connectivity index is 1.63. The van der Waals surface area contributed by atoms with Gasteiger partial charge in [0.2, 0.25) is 6.10 Å². The van der Waals surface area contributed by atoms with Crippen LogP contribution in [-0.4, -0.2) is 26.1 Å². The Morgan fingerprint density at radius 2 is 1.64 bits per heavy atom. The van der Waals surface area contributed by atoms with Gasteiger partial charge in [0.15, 0.2) is 0 Å². The van der Waals surface area contributed by atoms with Gasteiger partial charge >= 0.3 is 5.97 Å². The van der Waals surface area contributed by atoms with Crippen molar-refractivity contribution in [3.63, 3.8) is 0 Å². The van der Waals surface area contributed by atoms with Crippen LogP contribution in [0.5, 0.6) is 11.5 Å². The van der Waals surface area contributed by atoms with Gasteiger partial charge in [-0.2, -0.15) is 0 Å². The summed E-state index contributed by atoms with van der Waals surface area (Å²) >= 11 is 7.66. The lowest BCUT2D eigenvalue weighted by atomic mass is 10.1. The Kier molecular flexibility index (Phi) is 6.82. The first kappa shape index (κ1) is 22.6. The molecule has 4 rings (SSSR count). The number of hydrogen-bond donors (Lipinski definition) is 1. The van der Waals surface area contributed by atoms with Gasteiger partial charge < -0.3 is 19.5 Å². The summed E-state index contributed by atoms with van der Waals surface area (Å²) < 4.78 is 16.9. The number of hydrogen-bond acceptors (Lipinski definition) is 6. The molecule has 0 saturated heterocycles. The molecule has 33 heavy (non-hydrogen) atoms. The molecule has 0 radical (unpaired) electrons. The van der Waals surface area contributed by atoms with E-state index in [4.69, 9.17) is 25.8 Å². The summed E-state index contributed by atoms with van der Waals surface area (Å²) in [6.45, 7) is 0. The van der Waals surface area contributed by atoms with Gasteiger partial charge in [-0.15, -0.1) is 11.3 Å². The second-order valence-electron chi connectivity index (χ2n) is 7.02. The number of carbonyl (C=O) groups is 2. The first-order valence-corrected chi connectivity index (χ1v) is 11.2. The molecule has 0 spiro atoms. The molecular formula is C25H20ClNO5S. The molecular weight excluding hydrogens is 462 g/mol. The van der Waals surface area contributed by atoms with E-state index in [0.717, 1.165) is 4.70 Å². The van der Waals surface area contributed by atoms with E-state index in [9.17, 15) is 9.59 Å². The summed E-state index contributed by atoms with van der Waals surface area (Å²) in [6, 6.07) is 21.1. The number of amides is 1. The van der Waals surface area contributed by atoms with E-state index in [-0.39, 0.29) is 9.90 Å². The number of methoxy groups -OCH3 is 2. The fourth-order valence-electron chi connectivity index (χ4n) is 3.27. The molecule has 0 fully saturated rings. The van der Waals surface area contributed by atoms with Gasteiger partial charge in [0.25, 0.3) is 5.91 Å². The van der Waals surface area contributed by atoms with Crippen LogP contribution in [0, 0.1) is 0 Å². The highest BCUT2D eigenvalue weighted by Crippen LogP contribution is 2.38. The van der Waals surface area contributed by atoms with Gasteiger partial charge in [-0.25, -0.2) is 4.79 Å².